The van der Waals surface area contributed by atoms with Gasteiger partial charge in [-0.2, -0.15) is 0 Å². The van der Waals surface area contributed by atoms with Crippen LogP contribution >= 0.6 is 0 Å². The molecule has 0 radical (unpaired) electrons. The average molecular weight is 244 g/mol. The van der Waals surface area contributed by atoms with E-state index in [1.807, 2.05) is 30.3 Å². The van der Waals surface area contributed by atoms with Gasteiger partial charge in [-0.1, -0.05) is 48.6 Å². The Bertz CT molecular complexity index is 445. The van der Waals surface area contributed by atoms with Crippen LogP contribution in [-0.2, 0) is 5.60 Å². The van der Waals surface area contributed by atoms with Gasteiger partial charge in [0.15, 0.2) is 0 Å². The first-order valence-corrected chi connectivity index (χ1v) is 6.57. The summed E-state index contributed by atoms with van der Waals surface area (Å²) >= 11 is 0. The Hall–Kier alpha value is -1.30. The number of hydrogen-bond donors (Lipinski definition) is 2. The van der Waals surface area contributed by atoms with Gasteiger partial charge in [-0.15, -0.1) is 0 Å². The highest BCUT2D eigenvalue weighted by Crippen LogP contribution is 2.28. The van der Waals surface area contributed by atoms with E-state index in [1.165, 1.54) is 6.42 Å². The second kappa shape index (κ2) is 5.14. The van der Waals surface area contributed by atoms with E-state index >= 15 is 0 Å². The minimum absolute atomic E-state index is 0.713. The Morgan fingerprint density at radius 3 is 2.33 bits per heavy atom. The molecule has 1 aliphatic rings. The third-order valence-electron chi connectivity index (χ3n) is 3.56. The third kappa shape index (κ3) is 3.13. The van der Waals surface area contributed by atoms with E-state index in [0.29, 0.717) is 12.8 Å². The Kier molecular flexibility index (Phi) is 3.75. The van der Waals surface area contributed by atoms with Crippen LogP contribution in [0.5, 0.6) is 0 Å². The standard InChI is InChI=1S/C16H20O2/c1-15(17,14-8-4-2-5-9-14)12-13-16(18)10-6-3-7-11-16/h2,4-5,8-9,17-18H,3,6-7,10-11H2,1H3/t15-/m1/s1. The van der Waals surface area contributed by atoms with E-state index in [-0.39, 0.29) is 0 Å². The lowest BCUT2D eigenvalue weighted by Gasteiger charge is -2.27. The van der Waals surface area contributed by atoms with Gasteiger partial charge >= 0.3 is 0 Å². The van der Waals surface area contributed by atoms with Gasteiger partial charge in [-0.3, -0.25) is 0 Å². The van der Waals surface area contributed by atoms with Gasteiger partial charge in [0.25, 0.3) is 0 Å². The molecule has 0 saturated heterocycles. The minimum Gasteiger partial charge on any atom is -0.378 e. The lowest BCUT2D eigenvalue weighted by molar-refractivity contribution is 0.0589. The van der Waals surface area contributed by atoms with Gasteiger partial charge < -0.3 is 10.2 Å². The normalized spacial score (nSPS) is 21.5. The van der Waals surface area contributed by atoms with Crippen LogP contribution in [0, 0.1) is 11.8 Å². The number of benzene rings is 1. The third-order valence-corrected chi connectivity index (χ3v) is 3.56. The van der Waals surface area contributed by atoms with Crippen molar-refractivity contribution in [3.05, 3.63) is 35.9 Å². The van der Waals surface area contributed by atoms with Gasteiger partial charge in [0.05, 0.1) is 0 Å². The van der Waals surface area contributed by atoms with Crippen LogP contribution in [-0.4, -0.2) is 15.8 Å². The van der Waals surface area contributed by atoms with E-state index in [4.69, 9.17) is 0 Å². The SMILES string of the molecule is C[C@@](O)(C#CC1(O)CCCCC1)c1ccccc1. The summed E-state index contributed by atoms with van der Waals surface area (Å²) < 4.78 is 0. The summed E-state index contributed by atoms with van der Waals surface area (Å²) in [6.45, 7) is 1.67. The fourth-order valence-corrected chi connectivity index (χ4v) is 2.33. The molecule has 0 bridgehead atoms. The Morgan fingerprint density at radius 1 is 1.11 bits per heavy atom. The molecule has 0 spiro atoms. The fourth-order valence-electron chi connectivity index (χ4n) is 2.33. The fraction of sp³-hybridized carbons (Fsp3) is 0.500. The van der Waals surface area contributed by atoms with Crippen LogP contribution in [0.25, 0.3) is 0 Å². The molecular formula is C16H20O2. The molecule has 0 aromatic heterocycles. The van der Waals surface area contributed by atoms with Crippen molar-refractivity contribution < 1.29 is 10.2 Å². The average Bonchev–Trinajstić information content (AvgIpc) is 2.39. The lowest BCUT2D eigenvalue weighted by Crippen LogP contribution is -2.30. The zero-order valence-corrected chi connectivity index (χ0v) is 10.8. The molecule has 0 aliphatic heterocycles. The van der Waals surface area contributed by atoms with Crippen molar-refractivity contribution in [2.45, 2.75) is 50.2 Å². The summed E-state index contributed by atoms with van der Waals surface area (Å²) in [6, 6.07) is 9.35. The molecule has 1 fully saturated rings. The summed E-state index contributed by atoms with van der Waals surface area (Å²) in [5.41, 5.74) is -1.34. The molecule has 2 heteroatoms. The van der Waals surface area contributed by atoms with Crippen LogP contribution in [0.3, 0.4) is 0 Å². The van der Waals surface area contributed by atoms with Crippen molar-refractivity contribution in [1.82, 2.24) is 0 Å². The zero-order chi connectivity index (χ0) is 13.1. The molecule has 1 aliphatic carbocycles. The summed E-state index contributed by atoms with van der Waals surface area (Å²) in [7, 11) is 0. The predicted molar refractivity (Wildman–Crippen MR) is 71.8 cm³/mol. The van der Waals surface area contributed by atoms with Gasteiger partial charge in [-0.25, -0.2) is 0 Å². The van der Waals surface area contributed by atoms with E-state index in [9.17, 15) is 10.2 Å². The molecule has 2 nitrogen and oxygen atoms in total. The lowest BCUT2D eigenvalue weighted by atomic mass is 9.84. The Balaban J connectivity index is 2.18. The van der Waals surface area contributed by atoms with Gasteiger partial charge in [0.2, 0.25) is 0 Å². The molecule has 1 atom stereocenters. The first-order chi connectivity index (χ1) is 8.52. The molecule has 96 valence electrons. The highest BCUT2D eigenvalue weighted by Gasteiger charge is 2.28. The maximum Gasteiger partial charge on any atom is 0.148 e. The van der Waals surface area contributed by atoms with Gasteiger partial charge in [0, 0.05) is 0 Å². The smallest absolute Gasteiger partial charge is 0.148 e. The zero-order valence-electron chi connectivity index (χ0n) is 10.8. The second-order valence-electron chi connectivity index (χ2n) is 5.28. The van der Waals surface area contributed by atoms with E-state index in [0.717, 1.165) is 18.4 Å². The highest BCUT2D eigenvalue weighted by molar-refractivity contribution is 5.32. The molecule has 0 unspecified atom stereocenters. The molecular weight excluding hydrogens is 224 g/mol. The van der Waals surface area contributed by atoms with Crippen molar-refractivity contribution in [3.63, 3.8) is 0 Å². The summed E-state index contributed by atoms with van der Waals surface area (Å²) in [4.78, 5) is 0. The molecule has 18 heavy (non-hydrogen) atoms. The van der Waals surface area contributed by atoms with E-state index in [2.05, 4.69) is 11.8 Å². The highest BCUT2D eigenvalue weighted by atomic mass is 16.3. The van der Waals surface area contributed by atoms with Crippen LogP contribution < -0.4 is 0 Å². The Morgan fingerprint density at radius 2 is 1.72 bits per heavy atom. The minimum atomic E-state index is -1.20. The first-order valence-electron chi connectivity index (χ1n) is 6.57. The molecule has 0 amide bonds. The van der Waals surface area contributed by atoms with E-state index < -0.39 is 11.2 Å². The summed E-state index contributed by atoms with van der Waals surface area (Å²) in [5.74, 6) is 5.73. The van der Waals surface area contributed by atoms with Crippen molar-refractivity contribution in [1.29, 1.82) is 0 Å². The van der Waals surface area contributed by atoms with Crippen molar-refractivity contribution >= 4 is 0 Å². The van der Waals surface area contributed by atoms with Crippen molar-refractivity contribution in [3.8, 4) is 11.8 Å². The Labute approximate surface area is 109 Å². The van der Waals surface area contributed by atoms with Crippen LogP contribution in [0.4, 0.5) is 0 Å². The predicted octanol–water partition coefficient (Wildman–Crippen LogP) is 2.59. The first kappa shape index (κ1) is 13.1. The molecule has 1 saturated carbocycles. The maximum atomic E-state index is 10.3. The van der Waals surface area contributed by atoms with Gasteiger partial charge in [0.1, 0.15) is 11.2 Å². The number of hydrogen-bond acceptors (Lipinski definition) is 2. The summed E-state index contributed by atoms with van der Waals surface area (Å²) in [5, 5.41) is 20.6. The van der Waals surface area contributed by atoms with Crippen molar-refractivity contribution in [2.24, 2.45) is 0 Å². The quantitative estimate of drug-likeness (QED) is 0.745. The second-order valence-corrected chi connectivity index (χ2v) is 5.28. The molecule has 0 heterocycles. The molecule has 1 aromatic carbocycles. The van der Waals surface area contributed by atoms with Gasteiger partial charge in [-0.05, 0) is 38.2 Å². The van der Waals surface area contributed by atoms with Crippen LogP contribution in [0.15, 0.2) is 30.3 Å². The largest absolute Gasteiger partial charge is 0.378 e. The maximum absolute atomic E-state index is 10.3. The van der Waals surface area contributed by atoms with Crippen LogP contribution in [0.1, 0.15) is 44.6 Å². The molecule has 2 N–H and O–H groups in total. The summed E-state index contributed by atoms with van der Waals surface area (Å²) in [6.07, 6.45) is 4.62. The molecule has 1 aromatic rings. The van der Waals surface area contributed by atoms with E-state index in [1.54, 1.807) is 6.92 Å². The number of aliphatic hydroxyl groups is 2. The molecule has 2 rings (SSSR count). The van der Waals surface area contributed by atoms with Crippen LogP contribution in [0.2, 0.25) is 0 Å². The number of rotatable bonds is 1. The van der Waals surface area contributed by atoms with Crippen molar-refractivity contribution in [2.75, 3.05) is 0 Å². The topological polar surface area (TPSA) is 40.5 Å². The monoisotopic (exact) mass is 244 g/mol.